The molecule has 2 aliphatic heterocycles. The van der Waals surface area contributed by atoms with Crippen LogP contribution in [0.25, 0.3) is 12.2 Å². The predicted octanol–water partition coefficient (Wildman–Crippen LogP) is 6.72. The smallest absolute Gasteiger partial charge is 0.320 e. The fourth-order valence-corrected chi connectivity index (χ4v) is 4.78. The van der Waals surface area contributed by atoms with Crippen molar-refractivity contribution in [1.82, 2.24) is 0 Å². The summed E-state index contributed by atoms with van der Waals surface area (Å²) >= 11 is 0. The van der Waals surface area contributed by atoms with E-state index >= 15 is 0 Å². The SMILES string of the molecule is Cc1ccc2c(c1)C=CN1B2C=Cc2cc(N(c3ccccc3)c3ccccc3)ccc21. The van der Waals surface area contributed by atoms with Gasteiger partial charge in [0, 0.05) is 22.7 Å². The first-order chi connectivity index (χ1) is 15.8. The minimum atomic E-state index is 0.244. The van der Waals surface area contributed by atoms with E-state index in [0.717, 1.165) is 17.1 Å². The van der Waals surface area contributed by atoms with Crippen molar-refractivity contribution in [1.29, 1.82) is 0 Å². The molecule has 0 amide bonds. The molecule has 32 heavy (non-hydrogen) atoms. The molecule has 0 unspecified atom stereocenters. The Morgan fingerprint density at radius 2 is 1.38 bits per heavy atom. The molecule has 0 bridgehead atoms. The van der Waals surface area contributed by atoms with Gasteiger partial charge in [-0.05, 0) is 78.3 Å². The highest BCUT2D eigenvalue weighted by atomic mass is 15.1. The van der Waals surface area contributed by atoms with Gasteiger partial charge in [0.25, 0.3) is 0 Å². The van der Waals surface area contributed by atoms with Crippen molar-refractivity contribution < 1.29 is 0 Å². The first kappa shape index (κ1) is 18.8. The highest BCUT2D eigenvalue weighted by Crippen LogP contribution is 2.39. The highest BCUT2D eigenvalue weighted by molar-refractivity contribution is 6.83. The molecule has 0 radical (unpaired) electrons. The molecule has 0 aliphatic carbocycles. The lowest BCUT2D eigenvalue weighted by Crippen LogP contribution is -2.49. The molecule has 152 valence electrons. The van der Waals surface area contributed by atoms with Gasteiger partial charge in [-0.2, -0.15) is 0 Å². The third-order valence-electron chi connectivity index (χ3n) is 6.31. The van der Waals surface area contributed by atoms with Crippen LogP contribution < -0.4 is 15.2 Å². The molecule has 0 fully saturated rings. The van der Waals surface area contributed by atoms with E-state index in [1.165, 1.54) is 27.8 Å². The van der Waals surface area contributed by atoms with E-state index in [4.69, 9.17) is 0 Å². The van der Waals surface area contributed by atoms with Crippen molar-refractivity contribution in [2.24, 2.45) is 0 Å². The van der Waals surface area contributed by atoms with Crippen LogP contribution in [0.15, 0.2) is 109 Å². The summed E-state index contributed by atoms with van der Waals surface area (Å²) in [6, 6.07) is 34.6. The van der Waals surface area contributed by atoms with Crippen LogP contribution in [0.5, 0.6) is 0 Å². The van der Waals surface area contributed by atoms with Crippen LogP contribution >= 0.6 is 0 Å². The molecule has 2 aliphatic rings. The van der Waals surface area contributed by atoms with Crippen molar-refractivity contribution in [3.05, 3.63) is 126 Å². The number of anilines is 4. The van der Waals surface area contributed by atoms with E-state index in [0.29, 0.717) is 0 Å². The minimum Gasteiger partial charge on any atom is -0.383 e. The van der Waals surface area contributed by atoms with Crippen molar-refractivity contribution in [3.63, 3.8) is 0 Å². The van der Waals surface area contributed by atoms with Crippen LogP contribution in [0, 0.1) is 6.92 Å². The summed E-state index contributed by atoms with van der Waals surface area (Å²) < 4.78 is 0. The second-order valence-electron chi connectivity index (χ2n) is 8.41. The Balaban J connectivity index is 1.43. The molecule has 4 aromatic rings. The molecule has 3 heteroatoms. The zero-order valence-electron chi connectivity index (χ0n) is 18.0. The summed E-state index contributed by atoms with van der Waals surface area (Å²) in [5, 5.41) is 0. The molecule has 2 nitrogen and oxygen atoms in total. The van der Waals surface area contributed by atoms with Crippen LogP contribution in [-0.4, -0.2) is 6.85 Å². The van der Waals surface area contributed by atoms with E-state index < -0.39 is 0 Å². The van der Waals surface area contributed by atoms with E-state index in [1.54, 1.807) is 0 Å². The number of para-hydroxylation sites is 2. The van der Waals surface area contributed by atoms with Gasteiger partial charge < -0.3 is 9.71 Å². The molecule has 4 aromatic carbocycles. The van der Waals surface area contributed by atoms with Crippen LogP contribution in [0.3, 0.4) is 0 Å². The van der Waals surface area contributed by atoms with Gasteiger partial charge in [-0.25, -0.2) is 0 Å². The standard InChI is InChI=1S/C29H23BN2/c1-22-12-14-28-23(20-22)17-19-31-29-15-13-27(21-24(29)16-18-30(28)31)32(25-8-4-2-5-9-25)26-10-6-3-7-11-26/h2-21H,1H3. The topological polar surface area (TPSA) is 6.48 Å². The normalized spacial score (nSPS) is 13.4. The summed E-state index contributed by atoms with van der Waals surface area (Å²) in [5.41, 5.74) is 9.90. The third kappa shape index (κ3) is 3.14. The van der Waals surface area contributed by atoms with Crippen molar-refractivity contribution in [3.8, 4) is 0 Å². The highest BCUT2D eigenvalue weighted by Gasteiger charge is 2.31. The van der Waals surface area contributed by atoms with Crippen molar-refractivity contribution in [2.75, 3.05) is 9.71 Å². The first-order valence-electron chi connectivity index (χ1n) is 11.1. The molecule has 6 rings (SSSR count). The summed E-state index contributed by atoms with van der Waals surface area (Å²) in [6.45, 7) is 2.40. The summed E-state index contributed by atoms with van der Waals surface area (Å²) in [7, 11) is 0. The van der Waals surface area contributed by atoms with Gasteiger partial charge in [0.1, 0.15) is 0 Å². The zero-order chi connectivity index (χ0) is 21.5. The zero-order valence-corrected chi connectivity index (χ0v) is 18.0. The van der Waals surface area contributed by atoms with Gasteiger partial charge in [-0.15, -0.1) is 0 Å². The second-order valence-corrected chi connectivity index (χ2v) is 8.41. The van der Waals surface area contributed by atoms with Crippen LogP contribution in [0.4, 0.5) is 22.7 Å². The maximum atomic E-state index is 2.38. The lowest BCUT2D eigenvalue weighted by atomic mass is 9.50. The second kappa shape index (κ2) is 7.62. The Morgan fingerprint density at radius 1 is 0.656 bits per heavy atom. The lowest BCUT2D eigenvalue weighted by molar-refractivity contribution is 1.27. The quantitative estimate of drug-likeness (QED) is 0.346. The van der Waals surface area contributed by atoms with Gasteiger partial charge in [0.05, 0.1) is 0 Å². The molecule has 0 saturated carbocycles. The van der Waals surface area contributed by atoms with Crippen molar-refractivity contribution >= 4 is 47.2 Å². The van der Waals surface area contributed by atoms with Crippen molar-refractivity contribution in [2.45, 2.75) is 6.92 Å². The molecular weight excluding hydrogens is 387 g/mol. The summed E-state index contributed by atoms with van der Waals surface area (Å²) in [5.74, 6) is 2.32. The monoisotopic (exact) mass is 410 g/mol. The number of nitrogens with zero attached hydrogens (tertiary/aromatic N) is 2. The number of benzene rings is 4. The van der Waals surface area contributed by atoms with Gasteiger partial charge in [-0.3, -0.25) is 0 Å². The largest absolute Gasteiger partial charge is 0.383 e. The molecule has 2 heterocycles. The Bertz CT molecular complexity index is 1300. The van der Waals surface area contributed by atoms with Crippen LogP contribution in [-0.2, 0) is 0 Å². The molecule has 0 aromatic heterocycles. The predicted molar refractivity (Wildman–Crippen MR) is 138 cm³/mol. The Kier molecular flexibility index (Phi) is 4.47. The van der Waals surface area contributed by atoms with Gasteiger partial charge in [0.15, 0.2) is 0 Å². The Morgan fingerprint density at radius 3 is 2.09 bits per heavy atom. The molecule has 0 N–H and O–H groups in total. The maximum Gasteiger partial charge on any atom is 0.320 e. The van der Waals surface area contributed by atoms with E-state index in [9.17, 15) is 0 Å². The van der Waals surface area contributed by atoms with Gasteiger partial charge in [0.2, 0.25) is 0 Å². The Hall–Kier alpha value is -3.98. The lowest BCUT2D eigenvalue weighted by Gasteiger charge is -2.35. The molecule has 0 saturated heterocycles. The summed E-state index contributed by atoms with van der Waals surface area (Å²) in [6.07, 6.45) is 6.73. The fourth-order valence-electron chi connectivity index (χ4n) is 4.78. The molecule has 0 spiro atoms. The maximum absolute atomic E-state index is 2.38. The fraction of sp³-hybridized carbons (Fsp3) is 0.0345. The summed E-state index contributed by atoms with van der Waals surface area (Å²) in [4.78, 5) is 4.69. The average Bonchev–Trinajstić information content (AvgIpc) is 2.85. The Labute approximate surface area is 189 Å². The number of rotatable bonds is 3. The number of aryl methyl sites for hydroxylation is 1. The van der Waals surface area contributed by atoms with E-state index in [-0.39, 0.29) is 6.85 Å². The molecular formula is C29H23BN2. The van der Waals surface area contributed by atoms with Crippen LogP contribution in [0.2, 0.25) is 0 Å². The van der Waals surface area contributed by atoms with E-state index in [2.05, 4.69) is 138 Å². The first-order valence-corrected chi connectivity index (χ1v) is 11.1. The van der Waals surface area contributed by atoms with Crippen LogP contribution in [0.1, 0.15) is 16.7 Å². The van der Waals surface area contributed by atoms with Gasteiger partial charge >= 0.3 is 6.85 Å². The number of hydrogen-bond acceptors (Lipinski definition) is 2. The minimum absolute atomic E-state index is 0.244. The van der Waals surface area contributed by atoms with Gasteiger partial charge in [-0.1, -0.05) is 72.2 Å². The number of hydrogen-bond donors (Lipinski definition) is 0. The van der Waals surface area contributed by atoms with E-state index in [1.807, 2.05) is 0 Å². The molecule has 0 atom stereocenters. The third-order valence-corrected chi connectivity index (χ3v) is 6.31. The average molecular weight is 410 g/mol. The number of fused-ring (bicyclic) bond motifs is 5.